The number of benzene rings is 2. The van der Waals surface area contributed by atoms with Crippen LogP contribution in [0.4, 0.5) is 0 Å². The Morgan fingerprint density at radius 3 is 2.19 bits per heavy atom. The molecule has 21 heavy (non-hydrogen) atoms. The number of hydrogen-bond donors (Lipinski definition) is 1. The Morgan fingerprint density at radius 1 is 1.00 bits per heavy atom. The van der Waals surface area contributed by atoms with Crippen molar-refractivity contribution in [2.24, 2.45) is 0 Å². The zero-order valence-electron chi connectivity index (χ0n) is 13.3. The molecule has 0 heterocycles. The zero-order chi connectivity index (χ0) is 15.5. The van der Waals surface area contributed by atoms with Crippen LogP contribution in [0.2, 0.25) is 0 Å². The zero-order valence-corrected chi connectivity index (χ0v) is 13.3. The minimum absolute atomic E-state index is 0.138. The minimum Gasteiger partial charge on any atom is -0.491 e. The number of hydrogen-bond acceptors (Lipinski definition) is 2. The van der Waals surface area contributed by atoms with Crippen LogP contribution >= 0.6 is 0 Å². The van der Waals surface area contributed by atoms with Crippen molar-refractivity contribution in [1.29, 1.82) is 0 Å². The van der Waals surface area contributed by atoms with Gasteiger partial charge in [0.05, 0.1) is 0 Å². The highest BCUT2D eigenvalue weighted by molar-refractivity contribution is 5.32. The number of aliphatic hydroxyl groups is 1. The molecule has 2 rings (SSSR count). The lowest BCUT2D eigenvalue weighted by Gasteiger charge is -2.19. The summed E-state index contributed by atoms with van der Waals surface area (Å²) in [5, 5.41) is 10.2. The van der Waals surface area contributed by atoms with Gasteiger partial charge in [0.15, 0.2) is 0 Å². The standard InChI is InChI=1S/C19H24O2/c1-14-7-5-6-8-17(14)18(20)13-21-16-11-9-15(10-12-16)19(2,3)4/h5-12,18,20H,13H2,1-4H3. The first kappa shape index (κ1) is 15.6. The summed E-state index contributed by atoms with van der Waals surface area (Å²) in [5.74, 6) is 0.788. The van der Waals surface area contributed by atoms with Gasteiger partial charge >= 0.3 is 0 Å². The van der Waals surface area contributed by atoms with E-state index in [1.165, 1.54) is 5.56 Å². The van der Waals surface area contributed by atoms with Crippen molar-refractivity contribution in [1.82, 2.24) is 0 Å². The molecule has 0 saturated carbocycles. The highest BCUT2D eigenvalue weighted by Gasteiger charge is 2.14. The summed E-state index contributed by atoms with van der Waals surface area (Å²) in [4.78, 5) is 0. The average Bonchev–Trinajstić information content (AvgIpc) is 2.45. The van der Waals surface area contributed by atoms with Crippen LogP contribution in [0.15, 0.2) is 48.5 Å². The first-order valence-electron chi connectivity index (χ1n) is 7.35. The van der Waals surface area contributed by atoms with Crippen LogP contribution in [-0.4, -0.2) is 11.7 Å². The van der Waals surface area contributed by atoms with Crippen LogP contribution in [0.3, 0.4) is 0 Å². The van der Waals surface area contributed by atoms with E-state index in [0.717, 1.165) is 16.9 Å². The highest BCUT2D eigenvalue weighted by atomic mass is 16.5. The van der Waals surface area contributed by atoms with Gasteiger partial charge in [-0.3, -0.25) is 0 Å². The Morgan fingerprint density at radius 2 is 1.62 bits per heavy atom. The minimum atomic E-state index is -0.603. The molecule has 2 nitrogen and oxygen atoms in total. The fourth-order valence-corrected chi connectivity index (χ4v) is 2.28. The molecule has 0 aromatic heterocycles. The topological polar surface area (TPSA) is 29.5 Å². The Kier molecular flexibility index (Phi) is 4.69. The SMILES string of the molecule is Cc1ccccc1C(O)COc1ccc(C(C)(C)C)cc1. The molecule has 0 aliphatic rings. The number of ether oxygens (including phenoxy) is 1. The van der Waals surface area contributed by atoms with Crippen molar-refractivity contribution in [2.75, 3.05) is 6.61 Å². The summed E-state index contributed by atoms with van der Waals surface area (Å²) >= 11 is 0. The normalized spacial score (nSPS) is 13.0. The fraction of sp³-hybridized carbons (Fsp3) is 0.368. The molecule has 0 fully saturated rings. The molecule has 112 valence electrons. The molecule has 0 aliphatic heterocycles. The smallest absolute Gasteiger partial charge is 0.119 e. The van der Waals surface area contributed by atoms with Crippen LogP contribution in [0.5, 0.6) is 5.75 Å². The largest absolute Gasteiger partial charge is 0.491 e. The van der Waals surface area contributed by atoms with Gasteiger partial charge in [0.2, 0.25) is 0 Å². The predicted octanol–water partition coefficient (Wildman–Crippen LogP) is 4.40. The third-order valence-electron chi connectivity index (χ3n) is 3.68. The van der Waals surface area contributed by atoms with E-state index in [1.54, 1.807) is 0 Å². The molecule has 1 atom stereocenters. The van der Waals surface area contributed by atoms with Gasteiger partial charge in [0.25, 0.3) is 0 Å². The molecular formula is C19H24O2. The Labute approximate surface area is 127 Å². The summed E-state index contributed by atoms with van der Waals surface area (Å²) in [5.41, 5.74) is 3.41. The second kappa shape index (κ2) is 6.31. The first-order valence-corrected chi connectivity index (χ1v) is 7.35. The second-order valence-electron chi connectivity index (χ2n) is 6.46. The maximum atomic E-state index is 10.2. The van der Waals surface area contributed by atoms with E-state index in [4.69, 9.17) is 4.74 Å². The summed E-state index contributed by atoms with van der Waals surface area (Å²) in [7, 11) is 0. The van der Waals surface area contributed by atoms with Crippen LogP contribution in [0.1, 0.15) is 43.6 Å². The van der Waals surface area contributed by atoms with Gasteiger partial charge < -0.3 is 9.84 Å². The highest BCUT2D eigenvalue weighted by Crippen LogP contribution is 2.25. The van der Waals surface area contributed by atoms with Crippen molar-refractivity contribution in [3.05, 3.63) is 65.2 Å². The molecule has 2 aromatic carbocycles. The number of aryl methyl sites for hydroxylation is 1. The third-order valence-corrected chi connectivity index (χ3v) is 3.68. The monoisotopic (exact) mass is 284 g/mol. The number of aliphatic hydroxyl groups excluding tert-OH is 1. The van der Waals surface area contributed by atoms with Gasteiger partial charge in [0, 0.05) is 0 Å². The third kappa shape index (κ3) is 4.08. The first-order chi connectivity index (χ1) is 9.88. The van der Waals surface area contributed by atoms with E-state index in [0.29, 0.717) is 0 Å². The van der Waals surface area contributed by atoms with Gasteiger partial charge in [-0.2, -0.15) is 0 Å². The van der Waals surface area contributed by atoms with E-state index < -0.39 is 6.10 Å². The molecular weight excluding hydrogens is 260 g/mol. The molecule has 0 aliphatic carbocycles. The molecule has 0 radical (unpaired) electrons. The number of rotatable bonds is 4. The van der Waals surface area contributed by atoms with Gasteiger partial charge in [-0.05, 0) is 41.2 Å². The Bertz CT molecular complexity index is 579. The maximum absolute atomic E-state index is 10.2. The van der Waals surface area contributed by atoms with Gasteiger partial charge in [-0.1, -0.05) is 57.2 Å². The Hall–Kier alpha value is -1.80. The van der Waals surface area contributed by atoms with Crippen LogP contribution < -0.4 is 4.74 Å². The van der Waals surface area contributed by atoms with Crippen molar-refractivity contribution in [3.8, 4) is 5.75 Å². The molecule has 2 heteroatoms. The molecule has 0 bridgehead atoms. The molecule has 1 N–H and O–H groups in total. The van der Waals surface area contributed by atoms with Crippen LogP contribution in [0.25, 0.3) is 0 Å². The Balaban J connectivity index is 1.99. The van der Waals surface area contributed by atoms with Gasteiger partial charge in [-0.15, -0.1) is 0 Å². The van der Waals surface area contributed by atoms with E-state index in [-0.39, 0.29) is 12.0 Å². The lowest BCUT2D eigenvalue weighted by Crippen LogP contribution is -2.12. The summed E-state index contributed by atoms with van der Waals surface area (Å²) < 4.78 is 5.69. The lowest BCUT2D eigenvalue weighted by molar-refractivity contribution is 0.107. The molecule has 0 saturated heterocycles. The predicted molar refractivity (Wildman–Crippen MR) is 86.8 cm³/mol. The van der Waals surface area contributed by atoms with Gasteiger partial charge in [0.1, 0.15) is 18.5 Å². The molecule has 1 unspecified atom stereocenters. The van der Waals surface area contributed by atoms with Gasteiger partial charge in [-0.25, -0.2) is 0 Å². The van der Waals surface area contributed by atoms with E-state index in [9.17, 15) is 5.11 Å². The molecule has 2 aromatic rings. The average molecular weight is 284 g/mol. The van der Waals surface area contributed by atoms with Crippen molar-refractivity contribution < 1.29 is 9.84 Å². The fourth-order valence-electron chi connectivity index (χ4n) is 2.28. The van der Waals surface area contributed by atoms with Crippen molar-refractivity contribution in [2.45, 2.75) is 39.2 Å². The van der Waals surface area contributed by atoms with Crippen molar-refractivity contribution in [3.63, 3.8) is 0 Å². The summed E-state index contributed by atoms with van der Waals surface area (Å²) in [6.07, 6.45) is -0.603. The lowest BCUT2D eigenvalue weighted by atomic mass is 9.87. The van der Waals surface area contributed by atoms with E-state index in [1.807, 2.05) is 43.3 Å². The van der Waals surface area contributed by atoms with Crippen LogP contribution in [-0.2, 0) is 5.41 Å². The quantitative estimate of drug-likeness (QED) is 0.901. The summed E-state index contributed by atoms with van der Waals surface area (Å²) in [6.45, 7) is 8.82. The van der Waals surface area contributed by atoms with E-state index >= 15 is 0 Å². The maximum Gasteiger partial charge on any atom is 0.119 e. The van der Waals surface area contributed by atoms with Crippen LogP contribution in [0, 0.1) is 6.92 Å². The summed E-state index contributed by atoms with van der Waals surface area (Å²) in [6, 6.07) is 15.9. The van der Waals surface area contributed by atoms with Crippen molar-refractivity contribution >= 4 is 0 Å². The van der Waals surface area contributed by atoms with E-state index in [2.05, 4.69) is 32.9 Å². The molecule has 0 spiro atoms. The second-order valence-corrected chi connectivity index (χ2v) is 6.46. The molecule has 0 amide bonds.